The minimum absolute atomic E-state index is 0.116. The SMILES string of the molecule is C=CCn1c(COc2ccccc2F)nnc1SCc1ccn(-c2ccccc2)n1. The third-order valence-corrected chi connectivity index (χ3v) is 5.31. The fourth-order valence-electron chi connectivity index (χ4n) is 2.85. The quantitative estimate of drug-likeness (QED) is 0.291. The van der Waals surface area contributed by atoms with E-state index in [1.165, 1.54) is 17.8 Å². The van der Waals surface area contributed by atoms with E-state index in [0.29, 0.717) is 18.1 Å². The van der Waals surface area contributed by atoms with Gasteiger partial charge in [-0.05, 0) is 30.3 Å². The highest BCUT2D eigenvalue weighted by atomic mass is 32.2. The van der Waals surface area contributed by atoms with Gasteiger partial charge in [0.15, 0.2) is 22.5 Å². The normalized spacial score (nSPS) is 10.8. The van der Waals surface area contributed by atoms with Gasteiger partial charge < -0.3 is 4.74 Å². The summed E-state index contributed by atoms with van der Waals surface area (Å²) in [4.78, 5) is 0. The molecule has 2 aromatic heterocycles. The maximum atomic E-state index is 13.8. The lowest BCUT2D eigenvalue weighted by Crippen LogP contribution is -2.08. The predicted octanol–water partition coefficient (Wildman–Crippen LogP) is 4.66. The van der Waals surface area contributed by atoms with Crippen molar-refractivity contribution in [3.05, 3.63) is 96.9 Å². The summed E-state index contributed by atoms with van der Waals surface area (Å²) in [7, 11) is 0. The smallest absolute Gasteiger partial charge is 0.191 e. The van der Waals surface area contributed by atoms with E-state index in [2.05, 4.69) is 21.9 Å². The average Bonchev–Trinajstić information content (AvgIpc) is 3.40. The topological polar surface area (TPSA) is 57.8 Å². The van der Waals surface area contributed by atoms with Crippen LogP contribution in [0.3, 0.4) is 0 Å². The van der Waals surface area contributed by atoms with Crippen molar-refractivity contribution in [1.82, 2.24) is 24.5 Å². The van der Waals surface area contributed by atoms with Crippen LogP contribution in [0.25, 0.3) is 5.69 Å². The Balaban J connectivity index is 1.44. The molecule has 2 heterocycles. The molecule has 4 rings (SSSR count). The molecular weight excluding hydrogens is 401 g/mol. The first kappa shape index (κ1) is 19.9. The molecule has 152 valence electrons. The van der Waals surface area contributed by atoms with Crippen LogP contribution in [0.4, 0.5) is 4.39 Å². The summed E-state index contributed by atoms with van der Waals surface area (Å²) in [5, 5.41) is 13.8. The summed E-state index contributed by atoms with van der Waals surface area (Å²) in [5.74, 6) is 1.03. The Labute approximate surface area is 178 Å². The minimum Gasteiger partial charge on any atom is -0.483 e. The first-order valence-electron chi connectivity index (χ1n) is 9.37. The maximum Gasteiger partial charge on any atom is 0.191 e. The van der Waals surface area contributed by atoms with Gasteiger partial charge in [-0.25, -0.2) is 9.07 Å². The second-order valence-electron chi connectivity index (χ2n) is 6.39. The number of hydrogen-bond acceptors (Lipinski definition) is 5. The van der Waals surface area contributed by atoms with Crippen molar-refractivity contribution in [2.45, 2.75) is 24.1 Å². The molecule has 30 heavy (non-hydrogen) atoms. The van der Waals surface area contributed by atoms with Crippen LogP contribution >= 0.6 is 11.8 Å². The van der Waals surface area contributed by atoms with E-state index < -0.39 is 5.82 Å². The summed E-state index contributed by atoms with van der Waals surface area (Å²) >= 11 is 1.53. The zero-order chi connectivity index (χ0) is 20.8. The highest BCUT2D eigenvalue weighted by Crippen LogP contribution is 2.23. The van der Waals surface area contributed by atoms with Gasteiger partial charge in [0.1, 0.15) is 6.61 Å². The highest BCUT2D eigenvalue weighted by molar-refractivity contribution is 7.98. The Kier molecular flexibility index (Phi) is 6.24. The third kappa shape index (κ3) is 4.60. The van der Waals surface area contributed by atoms with Crippen molar-refractivity contribution in [2.24, 2.45) is 0 Å². The van der Waals surface area contributed by atoms with E-state index >= 15 is 0 Å². The van der Waals surface area contributed by atoms with Crippen LogP contribution < -0.4 is 4.74 Å². The summed E-state index contributed by atoms with van der Waals surface area (Å²) in [6.45, 7) is 4.45. The van der Waals surface area contributed by atoms with E-state index in [1.807, 2.05) is 51.8 Å². The Morgan fingerprint density at radius 3 is 2.63 bits per heavy atom. The summed E-state index contributed by atoms with van der Waals surface area (Å²) < 4.78 is 23.1. The van der Waals surface area contributed by atoms with Crippen LogP contribution in [0.5, 0.6) is 5.75 Å². The molecule has 0 saturated heterocycles. The molecule has 0 amide bonds. The van der Waals surface area contributed by atoms with Crippen LogP contribution in [0, 0.1) is 5.82 Å². The second-order valence-corrected chi connectivity index (χ2v) is 7.34. The molecule has 0 aliphatic heterocycles. The van der Waals surface area contributed by atoms with Gasteiger partial charge in [0, 0.05) is 18.5 Å². The largest absolute Gasteiger partial charge is 0.483 e. The van der Waals surface area contributed by atoms with Gasteiger partial charge >= 0.3 is 0 Å². The Morgan fingerprint density at radius 1 is 1.03 bits per heavy atom. The number of rotatable bonds is 9. The van der Waals surface area contributed by atoms with Gasteiger partial charge in [0.2, 0.25) is 0 Å². The fourth-order valence-corrected chi connectivity index (χ4v) is 3.72. The van der Waals surface area contributed by atoms with Crippen molar-refractivity contribution >= 4 is 11.8 Å². The molecule has 0 bridgehead atoms. The monoisotopic (exact) mass is 421 g/mol. The number of hydrogen-bond donors (Lipinski definition) is 0. The van der Waals surface area contributed by atoms with Crippen LogP contribution in [0.2, 0.25) is 0 Å². The van der Waals surface area contributed by atoms with E-state index in [1.54, 1.807) is 24.3 Å². The molecule has 0 radical (unpaired) electrons. The van der Waals surface area contributed by atoms with E-state index in [4.69, 9.17) is 4.74 Å². The summed E-state index contributed by atoms with van der Waals surface area (Å²) in [6.07, 6.45) is 3.71. The lowest BCUT2D eigenvalue weighted by molar-refractivity contribution is 0.275. The fraction of sp³-hybridized carbons (Fsp3) is 0.136. The molecule has 0 saturated carbocycles. The Bertz CT molecular complexity index is 1130. The average molecular weight is 422 g/mol. The van der Waals surface area contributed by atoms with Gasteiger partial charge in [0.05, 0.1) is 11.4 Å². The maximum absolute atomic E-state index is 13.8. The number of para-hydroxylation sites is 2. The number of nitrogens with zero attached hydrogens (tertiary/aromatic N) is 5. The number of halogens is 1. The highest BCUT2D eigenvalue weighted by Gasteiger charge is 2.14. The van der Waals surface area contributed by atoms with Gasteiger partial charge in [-0.2, -0.15) is 5.10 Å². The lowest BCUT2D eigenvalue weighted by atomic mass is 10.3. The molecule has 0 fully saturated rings. The molecule has 0 spiro atoms. The minimum atomic E-state index is -0.407. The summed E-state index contributed by atoms with van der Waals surface area (Å²) in [5.41, 5.74) is 1.94. The zero-order valence-electron chi connectivity index (χ0n) is 16.2. The van der Waals surface area contributed by atoms with E-state index in [9.17, 15) is 4.39 Å². The van der Waals surface area contributed by atoms with Gasteiger partial charge in [-0.1, -0.05) is 48.2 Å². The first-order chi connectivity index (χ1) is 14.7. The van der Waals surface area contributed by atoms with Crippen molar-refractivity contribution in [1.29, 1.82) is 0 Å². The molecule has 0 aliphatic rings. The Hall–Kier alpha value is -3.39. The van der Waals surface area contributed by atoms with Crippen LogP contribution in [0.15, 0.2) is 84.7 Å². The van der Waals surface area contributed by atoms with E-state index in [0.717, 1.165) is 16.5 Å². The van der Waals surface area contributed by atoms with Crippen molar-refractivity contribution in [3.8, 4) is 11.4 Å². The van der Waals surface area contributed by atoms with Gasteiger partial charge in [0.25, 0.3) is 0 Å². The third-order valence-electron chi connectivity index (χ3n) is 4.31. The molecule has 4 aromatic rings. The lowest BCUT2D eigenvalue weighted by Gasteiger charge is -2.09. The number of aromatic nitrogens is 5. The molecule has 0 aliphatic carbocycles. The molecule has 6 nitrogen and oxygen atoms in total. The molecule has 0 atom stereocenters. The predicted molar refractivity (Wildman–Crippen MR) is 114 cm³/mol. The number of thioether (sulfide) groups is 1. The summed E-state index contributed by atoms with van der Waals surface area (Å²) in [6, 6.07) is 18.2. The molecular formula is C22H20FN5OS. The molecule has 2 aromatic carbocycles. The zero-order valence-corrected chi connectivity index (χ0v) is 17.0. The van der Waals surface area contributed by atoms with Crippen LogP contribution in [-0.2, 0) is 18.9 Å². The van der Waals surface area contributed by atoms with Crippen molar-refractivity contribution in [3.63, 3.8) is 0 Å². The Morgan fingerprint density at radius 2 is 1.83 bits per heavy atom. The number of ether oxygens (including phenoxy) is 1. The van der Waals surface area contributed by atoms with Gasteiger partial charge in [-0.3, -0.25) is 4.57 Å². The van der Waals surface area contributed by atoms with E-state index in [-0.39, 0.29) is 12.4 Å². The van der Waals surface area contributed by atoms with Crippen LogP contribution in [-0.4, -0.2) is 24.5 Å². The molecule has 0 N–H and O–H groups in total. The van der Waals surface area contributed by atoms with Crippen LogP contribution in [0.1, 0.15) is 11.5 Å². The van der Waals surface area contributed by atoms with Crippen molar-refractivity contribution < 1.29 is 9.13 Å². The van der Waals surface area contributed by atoms with Gasteiger partial charge in [-0.15, -0.1) is 16.8 Å². The number of allylic oxidation sites excluding steroid dienone is 1. The number of benzene rings is 2. The molecule has 0 unspecified atom stereocenters. The molecule has 8 heteroatoms. The first-order valence-corrected chi connectivity index (χ1v) is 10.4. The standard InChI is InChI=1S/C22H20FN5OS/c1-2-13-27-21(15-29-20-11-7-6-10-19(20)23)24-25-22(27)30-16-17-12-14-28(26-17)18-8-4-3-5-9-18/h2-12,14H,1,13,15-16H2. The van der Waals surface area contributed by atoms with Crippen molar-refractivity contribution in [2.75, 3.05) is 0 Å². The second kappa shape index (κ2) is 9.41.